The molecule has 0 fully saturated rings. The third kappa shape index (κ3) is 6.95. The van der Waals surface area contributed by atoms with E-state index in [2.05, 4.69) is 20.8 Å². The fourth-order valence-electron chi connectivity index (χ4n) is 4.10. The number of nitrogens with two attached hydrogens (primary N) is 2. The predicted molar refractivity (Wildman–Crippen MR) is 141 cm³/mol. The van der Waals surface area contributed by atoms with Gasteiger partial charge in [0.25, 0.3) is 5.95 Å². The first kappa shape index (κ1) is 26.4. The highest BCUT2D eigenvalue weighted by Gasteiger charge is 2.29. The van der Waals surface area contributed by atoms with Crippen LogP contribution in [0.25, 0.3) is 0 Å². The number of nitrogens with one attached hydrogen (secondary N) is 2. The van der Waals surface area contributed by atoms with Crippen molar-refractivity contribution in [2.75, 3.05) is 5.73 Å². The second-order valence-corrected chi connectivity index (χ2v) is 8.87. The molecule has 0 spiro atoms. The Morgan fingerprint density at radius 3 is 2.03 bits per heavy atom. The minimum Gasteiger partial charge on any atom is -0.508 e. The molecule has 0 aliphatic carbocycles. The molecule has 1 aromatic heterocycles. The molecule has 2 amide bonds. The Balaban J connectivity index is 1.52. The lowest BCUT2D eigenvalue weighted by atomic mass is 9.90. The number of rotatable bonds is 11. The van der Waals surface area contributed by atoms with Crippen LogP contribution >= 0.6 is 0 Å². The summed E-state index contributed by atoms with van der Waals surface area (Å²) in [6.07, 6.45) is 0.494. The van der Waals surface area contributed by atoms with Gasteiger partial charge < -0.3 is 31.7 Å². The second kappa shape index (κ2) is 12.5. The van der Waals surface area contributed by atoms with E-state index in [-0.39, 0.29) is 48.8 Å². The van der Waals surface area contributed by atoms with Crippen molar-refractivity contribution in [3.05, 3.63) is 108 Å². The lowest BCUT2D eigenvalue weighted by Gasteiger charge is -2.24. The van der Waals surface area contributed by atoms with Crippen LogP contribution < -0.4 is 22.1 Å². The van der Waals surface area contributed by atoms with Crippen molar-refractivity contribution in [2.24, 2.45) is 5.73 Å². The SMILES string of the molecule is Nc1noc(C(N)CC[C@H](NC(=O)C(c2ccccc2)c2ccccc2)C(=O)NCc2ccc(O)cc2)n1. The molecule has 10 heteroatoms. The van der Waals surface area contributed by atoms with Crippen LogP contribution in [0.5, 0.6) is 5.75 Å². The molecular formula is C28H30N6O4. The third-order valence-electron chi connectivity index (χ3n) is 6.11. The van der Waals surface area contributed by atoms with Crippen molar-refractivity contribution in [2.45, 2.75) is 37.4 Å². The van der Waals surface area contributed by atoms with Gasteiger partial charge in [0.2, 0.25) is 17.7 Å². The zero-order chi connectivity index (χ0) is 26.9. The first-order valence-electron chi connectivity index (χ1n) is 12.2. The van der Waals surface area contributed by atoms with Gasteiger partial charge in [-0.25, -0.2) is 0 Å². The summed E-state index contributed by atoms with van der Waals surface area (Å²) in [7, 11) is 0. The molecule has 38 heavy (non-hydrogen) atoms. The zero-order valence-electron chi connectivity index (χ0n) is 20.7. The van der Waals surface area contributed by atoms with Crippen LogP contribution in [0.15, 0.2) is 89.5 Å². The first-order chi connectivity index (χ1) is 18.4. The number of anilines is 1. The molecule has 0 saturated carbocycles. The average molecular weight is 515 g/mol. The van der Waals surface area contributed by atoms with Crippen molar-refractivity contribution < 1.29 is 19.2 Å². The Labute approximate surface area is 220 Å². The largest absolute Gasteiger partial charge is 0.508 e. The van der Waals surface area contributed by atoms with Gasteiger partial charge in [-0.15, -0.1) is 0 Å². The Kier molecular flexibility index (Phi) is 8.68. The van der Waals surface area contributed by atoms with Gasteiger partial charge in [-0.05, 0) is 46.8 Å². The molecule has 196 valence electrons. The van der Waals surface area contributed by atoms with Crippen LogP contribution in [0.3, 0.4) is 0 Å². The number of hydrogen-bond acceptors (Lipinski definition) is 8. The maximum absolute atomic E-state index is 13.7. The van der Waals surface area contributed by atoms with Gasteiger partial charge >= 0.3 is 0 Å². The topological polar surface area (TPSA) is 169 Å². The summed E-state index contributed by atoms with van der Waals surface area (Å²) in [6.45, 7) is 0.221. The highest BCUT2D eigenvalue weighted by atomic mass is 16.5. The molecular weight excluding hydrogens is 484 g/mol. The number of carbonyl (C=O) groups is 2. The number of amides is 2. The zero-order valence-corrected chi connectivity index (χ0v) is 20.7. The molecule has 2 atom stereocenters. The molecule has 0 saturated heterocycles. The third-order valence-corrected chi connectivity index (χ3v) is 6.11. The lowest BCUT2D eigenvalue weighted by molar-refractivity contribution is -0.129. The minimum atomic E-state index is -0.888. The summed E-state index contributed by atoms with van der Waals surface area (Å²) in [6, 6.07) is 23.7. The molecule has 7 N–H and O–H groups in total. The number of aromatic hydroxyl groups is 1. The Morgan fingerprint density at radius 1 is 0.868 bits per heavy atom. The standard InChI is InChI=1S/C28H30N6O4/c29-22(27-33-28(30)34-38-27)15-16-23(25(36)31-17-18-11-13-21(35)14-12-18)32-26(37)24(19-7-3-1-4-8-19)20-9-5-2-6-10-20/h1-14,22-24,35H,15-17,29H2,(H2,30,34)(H,31,36)(H,32,37)/t22?,23-/m0/s1. The van der Waals surface area contributed by atoms with Crippen LogP contribution in [0.1, 0.15) is 47.4 Å². The van der Waals surface area contributed by atoms with E-state index >= 15 is 0 Å². The molecule has 0 bridgehead atoms. The van der Waals surface area contributed by atoms with Crippen molar-refractivity contribution in [1.29, 1.82) is 0 Å². The summed E-state index contributed by atoms with van der Waals surface area (Å²) in [5.41, 5.74) is 14.1. The van der Waals surface area contributed by atoms with E-state index in [0.29, 0.717) is 0 Å². The van der Waals surface area contributed by atoms with Gasteiger partial charge in [-0.1, -0.05) is 72.8 Å². The summed E-state index contributed by atoms with van der Waals surface area (Å²) < 4.78 is 5.05. The fourth-order valence-corrected chi connectivity index (χ4v) is 4.10. The average Bonchev–Trinajstić information content (AvgIpc) is 3.38. The van der Waals surface area contributed by atoms with Crippen LogP contribution in [-0.4, -0.2) is 33.1 Å². The predicted octanol–water partition coefficient (Wildman–Crippen LogP) is 2.77. The van der Waals surface area contributed by atoms with E-state index in [9.17, 15) is 14.7 Å². The molecule has 1 unspecified atom stereocenters. The van der Waals surface area contributed by atoms with E-state index in [0.717, 1.165) is 16.7 Å². The number of nitrogens with zero attached hydrogens (tertiary/aromatic N) is 2. The van der Waals surface area contributed by atoms with E-state index in [1.54, 1.807) is 24.3 Å². The van der Waals surface area contributed by atoms with Crippen molar-refractivity contribution in [1.82, 2.24) is 20.8 Å². The molecule has 0 aliphatic heterocycles. The quantitative estimate of drug-likeness (QED) is 0.203. The van der Waals surface area contributed by atoms with Crippen LogP contribution in [0.2, 0.25) is 0 Å². The van der Waals surface area contributed by atoms with Crippen molar-refractivity contribution in [3.8, 4) is 5.75 Å². The summed E-state index contributed by atoms with van der Waals surface area (Å²) in [4.78, 5) is 30.9. The van der Waals surface area contributed by atoms with Crippen molar-refractivity contribution >= 4 is 17.8 Å². The smallest absolute Gasteiger partial charge is 0.260 e. The molecule has 3 aromatic carbocycles. The Hall–Kier alpha value is -4.70. The molecule has 0 aliphatic rings. The molecule has 1 heterocycles. The molecule has 10 nitrogen and oxygen atoms in total. The summed E-state index contributed by atoms with van der Waals surface area (Å²) >= 11 is 0. The number of hydrogen-bond donors (Lipinski definition) is 5. The molecule has 0 radical (unpaired) electrons. The van der Waals surface area contributed by atoms with E-state index < -0.39 is 18.0 Å². The van der Waals surface area contributed by atoms with Gasteiger partial charge in [0.1, 0.15) is 11.8 Å². The van der Waals surface area contributed by atoms with Gasteiger partial charge in [-0.3, -0.25) is 9.59 Å². The maximum atomic E-state index is 13.7. The number of phenolic OH excluding ortho intramolecular Hbond substituents is 1. The number of carbonyl (C=O) groups excluding carboxylic acids is 2. The monoisotopic (exact) mass is 514 g/mol. The second-order valence-electron chi connectivity index (χ2n) is 8.87. The summed E-state index contributed by atoms with van der Waals surface area (Å²) in [5.74, 6) is -1.04. The number of aromatic nitrogens is 2. The van der Waals surface area contributed by atoms with E-state index in [1.165, 1.54) is 0 Å². The number of phenols is 1. The normalized spacial score (nSPS) is 12.6. The highest BCUT2D eigenvalue weighted by Crippen LogP contribution is 2.25. The number of nitrogen functional groups attached to an aromatic ring is 1. The fraction of sp³-hybridized carbons (Fsp3) is 0.214. The van der Waals surface area contributed by atoms with Crippen LogP contribution in [0.4, 0.5) is 5.95 Å². The van der Waals surface area contributed by atoms with Crippen molar-refractivity contribution in [3.63, 3.8) is 0 Å². The first-order valence-corrected chi connectivity index (χ1v) is 12.2. The Morgan fingerprint density at radius 2 is 1.47 bits per heavy atom. The molecule has 4 aromatic rings. The van der Waals surface area contributed by atoms with Crippen LogP contribution in [0, 0.1) is 0 Å². The highest BCUT2D eigenvalue weighted by molar-refractivity contribution is 5.92. The van der Waals surface area contributed by atoms with Gasteiger partial charge in [0.05, 0.1) is 12.0 Å². The Bertz CT molecular complexity index is 1290. The van der Waals surface area contributed by atoms with Crippen LogP contribution in [-0.2, 0) is 16.1 Å². The summed E-state index contributed by atoms with van der Waals surface area (Å²) in [5, 5.41) is 18.9. The minimum absolute atomic E-state index is 0.0273. The lowest BCUT2D eigenvalue weighted by Crippen LogP contribution is -2.48. The molecule has 4 rings (SSSR count). The van der Waals surface area contributed by atoms with Gasteiger partial charge in [0, 0.05) is 6.54 Å². The van der Waals surface area contributed by atoms with E-state index in [4.69, 9.17) is 16.0 Å². The van der Waals surface area contributed by atoms with Gasteiger partial charge in [0.15, 0.2) is 0 Å². The number of benzene rings is 3. The van der Waals surface area contributed by atoms with E-state index in [1.807, 2.05) is 60.7 Å². The maximum Gasteiger partial charge on any atom is 0.260 e. The van der Waals surface area contributed by atoms with Gasteiger partial charge in [-0.2, -0.15) is 4.98 Å².